The van der Waals surface area contributed by atoms with Gasteiger partial charge < -0.3 is 8.98 Å². The van der Waals surface area contributed by atoms with E-state index in [2.05, 4.69) is 103 Å². The predicted octanol–water partition coefficient (Wildman–Crippen LogP) is 9.70. The third-order valence-electron chi connectivity index (χ3n) is 10.0. The van der Waals surface area contributed by atoms with Gasteiger partial charge >= 0.3 is 0 Å². The monoisotopic (exact) mass is 589 g/mol. The number of rotatable bonds is 2. The van der Waals surface area contributed by atoms with Crippen molar-refractivity contribution in [2.24, 2.45) is 0 Å². The molecule has 6 aromatic rings. The van der Waals surface area contributed by atoms with Crippen molar-refractivity contribution in [3.8, 4) is 40.8 Å². The Bertz CT molecular complexity index is 2560. The van der Waals surface area contributed by atoms with E-state index >= 15 is 0 Å². The fourth-order valence-electron chi connectivity index (χ4n) is 7.77. The van der Waals surface area contributed by atoms with Crippen LogP contribution in [0.1, 0.15) is 71.5 Å². The fourth-order valence-corrected chi connectivity index (χ4v) is 7.77. The summed E-state index contributed by atoms with van der Waals surface area (Å²) in [7, 11) is 0. The van der Waals surface area contributed by atoms with E-state index in [0.717, 1.165) is 68.5 Å². The molecule has 4 heteroatoms. The molecular formula is C42H27N3O. The second-order valence-electron chi connectivity index (χ2n) is 12.9. The quantitative estimate of drug-likeness (QED) is 0.189. The van der Waals surface area contributed by atoms with Gasteiger partial charge in [-0.15, -0.1) is 0 Å². The number of hydrogen-bond donors (Lipinski definition) is 0. The Kier molecular flexibility index (Phi) is 5.44. The minimum absolute atomic E-state index is 0.0879. The van der Waals surface area contributed by atoms with Crippen LogP contribution in [0.4, 0.5) is 0 Å². The van der Waals surface area contributed by atoms with E-state index in [1.807, 2.05) is 30.3 Å². The molecule has 0 saturated carbocycles. The Morgan fingerprint density at radius 2 is 1.63 bits per heavy atom. The number of furan rings is 1. The maximum Gasteiger partial charge on any atom is 0.135 e. The van der Waals surface area contributed by atoms with E-state index in [9.17, 15) is 10.5 Å². The molecule has 9 rings (SSSR count). The Labute approximate surface area is 267 Å². The Morgan fingerprint density at radius 3 is 2.50 bits per heavy atom. The summed E-state index contributed by atoms with van der Waals surface area (Å²) in [5.74, 6) is 7.61. The summed E-state index contributed by atoms with van der Waals surface area (Å²) >= 11 is 0. The molecule has 0 bridgehead atoms. The van der Waals surface area contributed by atoms with Gasteiger partial charge in [0.05, 0.1) is 28.9 Å². The minimum atomic E-state index is -0.0879. The van der Waals surface area contributed by atoms with Crippen LogP contribution >= 0.6 is 0 Å². The molecule has 4 nitrogen and oxygen atoms in total. The molecular weight excluding hydrogens is 562 g/mol. The maximum absolute atomic E-state index is 9.97. The summed E-state index contributed by atoms with van der Waals surface area (Å²) in [6, 6.07) is 32.1. The Morgan fingerprint density at radius 1 is 0.783 bits per heavy atom. The van der Waals surface area contributed by atoms with Gasteiger partial charge in [-0.3, -0.25) is 0 Å². The van der Waals surface area contributed by atoms with E-state index in [1.54, 1.807) is 0 Å². The van der Waals surface area contributed by atoms with Crippen LogP contribution in [-0.4, -0.2) is 4.57 Å². The van der Waals surface area contributed by atoms with Crippen molar-refractivity contribution < 1.29 is 4.42 Å². The highest BCUT2D eigenvalue weighted by atomic mass is 16.3. The Hall–Kier alpha value is -6.02. The van der Waals surface area contributed by atoms with Crippen LogP contribution in [0.15, 0.2) is 88.9 Å². The lowest BCUT2D eigenvalue weighted by Crippen LogP contribution is -2.14. The second kappa shape index (κ2) is 9.49. The smallest absolute Gasteiger partial charge is 0.135 e. The van der Waals surface area contributed by atoms with E-state index in [0.29, 0.717) is 17.6 Å². The van der Waals surface area contributed by atoms with Gasteiger partial charge in [-0.2, -0.15) is 10.5 Å². The molecule has 0 spiro atoms. The summed E-state index contributed by atoms with van der Waals surface area (Å²) in [6.45, 7) is 4.59. The highest BCUT2D eigenvalue weighted by Gasteiger charge is 2.36. The zero-order chi connectivity index (χ0) is 31.2. The summed E-state index contributed by atoms with van der Waals surface area (Å²) in [5, 5.41) is 21.9. The van der Waals surface area contributed by atoms with Crippen LogP contribution in [0.2, 0.25) is 0 Å². The first-order valence-electron chi connectivity index (χ1n) is 15.6. The van der Waals surface area contributed by atoms with Crippen molar-refractivity contribution in [3.05, 3.63) is 129 Å². The SMILES string of the molecule is CC1(C)c2ccccc2-c2cc3c4c(oc3cc21)CCC(c1ccc(C#N)cc1-n1c2c(c3ccccc31)C=C(C#N)CC#C2)=C4. The third kappa shape index (κ3) is 3.61. The summed E-state index contributed by atoms with van der Waals surface area (Å²) in [4.78, 5) is 0. The number of nitrogens with zero attached hydrogens (tertiary/aromatic N) is 3. The molecule has 0 aliphatic heterocycles. The molecule has 4 aromatic carbocycles. The van der Waals surface area contributed by atoms with Crippen LogP contribution in [-0.2, 0) is 11.8 Å². The molecule has 3 aliphatic carbocycles. The van der Waals surface area contributed by atoms with Gasteiger partial charge in [0.15, 0.2) is 0 Å². The average Bonchev–Trinajstić information content (AvgIpc) is 3.60. The summed E-state index contributed by atoms with van der Waals surface area (Å²) in [6.07, 6.45) is 6.26. The molecule has 46 heavy (non-hydrogen) atoms. The van der Waals surface area contributed by atoms with Crippen LogP contribution in [0, 0.1) is 34.5 Å². The van der Waals surface area contributed by atoms with Crippen molar-refractivity contribution in [1.82, 2.24) is 4.57 Å². The van der Waals surface area contributed by atoms with Crippen molar-refractivity contribution in [2.45, 2.75) is 38.5 Å². The number of nitriles is 2. The van der Waals surface area contributed by atoms with Crippen LogP contribution in [0.5, 0.6) is 0 Å². The molecule has 2 aromatic heterocycles. The zero-order valence-corrected chi connectivity index (χ0v) is 25.5. The first-order chi connectivity index (χ1) is 22.5. The van der Waals surface area contributed by atoms with Crippen molar-refractivity contribution in [2.75, 3.05) is 0 Å². The first kappa shape index (κ1) is 26.4. The lowest BCUT2D eigenvalue weighted by Gasteiger charge is -2.21. The van der Waals surface area contributed by atoms with Gasteiger partial charge in [-0.1, -0.05) is 68.3 Å². The molecule has 2 heterocycles. The minimum Gasteiger partial charge on any atom is -0.460 e. The van der Waals surface area contributed by atoms with Crippen molar-refractivity contribution >= 4 is 39.6 Å². The second-order valence-corrected chi connectivity index (χ2v) is 12.9. The zero-order valence-electron chi connectivity index (χ0n) is 25.5. The standard InChI is InChI=1S/C42H27N3O/c1-42(2)35-11-5-3-9-29(35)31-21-34-33-20-27(15-17-40(33)46-41(34)22-36(31)42)28-16-14-26(24-44)19-39(28)45-37-12-6-4-10-30(37)32-18-25(23-43)8-7-13-38(32)45/h3-6,9-12,14,16,18-22H,8,15,17H2,1-2H3. The third-order valence-corrected chi connectivity index (χ3v) is 10.0. The lowest BCUT2D eigenvalue weighted by molar-refractivity contribution is 0.546. The first-order valence-corrected chi connectivity index (χ1v) is 15.6. The number of para-hydroxylation sites is 1. The molecule has 0 atom stereocenters. The molecule has 0 amide bonds. The number of aromatic nitrogens is 1. The topological polar surface area (TPSA) is 65.7 Å². The number of benzene rings is 4. The van der Waals surface area contributed by atoms with Crippen molar-refractivity contribution in [3.63, 3.8) is 0 Å². The van der Waals surface area contributed by atoms with Gasteiger partial charge in [0.1, 0.15) is 17.0 Å². The highest BCUT2D eigenvalue weighted by Crippen LogP contribution is 2.51. The molecule has 3 aliphatic rings. The molecule has 0 N–H and O–H groups in total. The summed E-state index contributed by atoms with van der Waals surface area (Å²) in [5.41, 5.74) is 14.4. The van der Waals surface area contributed by atoms with Crippen LogP contribution in [0.25, 0.3) is 56.4 Å². The number of allylic oxidation sites excluding steroid dienone is 2. The van der Waals surface area contributed by atoms with Gasteiger partial charge in [-0.25, -0.2) is 0 Å². The summed E-state index contributed by atoms with van der Waals surface area (Å²) < 4.78 is 8.73. The molecule has 0 unspecified atom stereocenters. The van der Waals surface area contributed by atoms with E-state index in [1.165, 1.54) is 27.8 Å². The molecule has 0 fully saturated rings. The average molecular weight is 590 g/mol. The maximum atomic E-state index is 9.97. The van der Waals surface area contributed by atoms with Crippen molar-refractivity contribution in [1.29, 1.82) is 10.5 Å². The van der Waals surface area contributed by atoms with Crippen LogP contribution in [0.3, 0.4) is 0 Å². The van der Waals surface area contributed by atoms with Crippen LogP contribution < -0.4 is 0 Å². The Balaban J connectivity index is 1.27. The van der Waals surface area contributed by atoms with E-state index in [4.69, 9.17) is 4.42 Å². The predicted molar refractivity (Wildman–Crippen MR) is 183 cm³/mol. The number of fused-ring (bicyclic) bond motifs is 9. The number of aryl methyl sites for hydroxylation is 1. The van der Waals surface area contributed by atoms with Gasteiger partial charge in [0.2, 0.25) is 0 Å². The van der Waals surface area contributed by atoms with E-state index in [-0.39, 0.29) is 5.41 Å². The highest BCUT2D eigenvalue weighted by molar-refractivity contribution is 6.02. The normalized spacial score (nSPS) is 15.3. The molecule has 0 radical (unpaired) electrons. The number of hydrogen-bond acceptors (Lipinski definition) is 3. The van der Waals surface area contributed by atoms with Gasteiger partial charge in [-0.05, 0) is 82.7 Å². The van der Waals surface area contributed by atoms with Gasteiger partial charge in [0, 0.05) is 51.3 Å². The molecule has 216 valence electrons. The van der Waals surface area contributed by atoms with Gasteiger partial charge in [0.25, 0.3) is 0 Å². The largest absolute Gasteiger partial charge is 0.460 e. The molecule has 0 saturated heterocycles. The lowest BCUT2D eigenvalue weighted by atomic mass is 9.82. The van der Waals surface area contributed by atoms with E-state index < -0.39 is 0 Å². The fraction of sp³-hybridized carbons (Fsp3) is 0.143.